The van der Waals surface area contributed by atoms with Gasteiger partial charge >= 0.3 is 0 Å². The van der Waals surface area contributed by atoms with Crippen molar-refractivity contribution < 1.29 is 9.53 Å². The zero-order valence-corrected chi connectivity index (χ0v) is 12.3. The molecular weight excluding hydrogens is 282 g/mol. The van der Waals surface area contributed by atoms with Crippen LogP contribution in [-0.4, -0.2) is 11.3 Å². The molecule has 1 aromatic carbocycles. The number of para-hydroxylation sites is 1. The number of aldehydes is 1. The Morgan fingerprint density at radius 1 is 1.47 bits per heavy atom. The Bertz CT molecular complexity index is 581. The maximum Gasteiger partial charge on any atom is 0.153 e. The number of halogens is 1. The van der Waals surface area contributed by atoms with Crippen LogP contribution in [0.25, 0.3) is 0 Å². The Morgan fingerprint density at radius 2 is 2.26 bits per heavy atom. The largest absolute Gasteiger partial charge is 0.485 e. The molecule has 2 rings (SSSR count). The quantitative estimate of drug-likeness (QED) is 0.772. The summed E-state index contributed by atoms with van der Waals surface area (Å²) >= 11 is 7.64. The lowest BCUT2D eigenvalue weighted by molar-refractivity contribution is 0.111. The number of ether oxygens (including phenoxy) is 1. The van der Waals surface area contributed by atoms with Gasteiger partial charge in [-0.05, 0) is 12.1 Å². The molecule has 0 saturated carbocycles. The maximum absolute atomic E-state index is 10.9. The third kappa shape index (κ3) is 3.33. The molecule has 1 heterocycles. The Kier molecular flexibility index (Phi) is 4.56. The van der Waals surface area contributed by atoms with Crippen LogP contribution in [0.4, 0.5) is 0 Å². The van der Waals surface area contributed by atoms with E-state index in [4.69, 9.17) is 16.3 Å². The molecule has 0 atom stereocenters. The van der Waals surface area contributed by atoms with E-state index in [2.05, 4.69) is 18.8 Å². The summed E-state index contributed by atoms with van der Waals surface area (Å²) in [5.74, 6) is 0.822. The lowest BCUT2D eigenvalue weighted by atomic mass is 10.2. The van der Waals surface area contributed by atoms with Gasteiger partial charge < -0.3 is 4.74 Å². The maximum atomic E-state index is 10.9. The van der Waals surface area contributed by atoms with Crippen molar-refractivity contribution in [2.24, 2.45) is 0 Å². The molecule has 0 fully saturated rings. The number of nitrogens with zero attached hydrogens (tertiary/aromatic N) is 1. The minimum atomic E-state index is 0.313. The van der Waals surface area contributed by atoms with E-state index in [0.717, 1.165) is 17.0 Å². The normalized spacial score (nSPS) is 10.7. The summed E-state index contributed by atoms with van der Waals surface area (Å²) in [6.45, 7) is 4.51. The first-order valence-electron chi connectivity index (χ1n) is 5.92. The highest BCUT2D eigenvalue weighted by molar-refractivity contribution is 7.09. The summed E-state index contributed by atoms with van der Waals surface area (Å²) in [5, 5.41) is 3.48. The van der Waals surface area contributed by atoms with Gasteiger partial charge in [-0.1, -0.05) is 31.5 Å². The van der Waals surface area contributed by atoms with Crippen molar-refractivity contribution in [3.8, 4) is 5.75 Å². The van der Waals surface area contributed by atoms with Crippen molar-refractivity contribution in [3.63, 3.8) is 0 Å². The lowest BCUT2D eigenvalue weighted by Gasteiger charge is -2.08. The standard InChI is InChI=1S/C14H14ClNO2S/c1-9(2)14-16-11(8-19-14)7-18-13-10(6-17)4-3-5-12(13)15/h3-6,8-9H,7H2,1-2H3. The molecule has 1 aromatic heterocycles. The molecule has 100 valence electrons. The van der Waals surface area contributed by atoms with Gasteiger partial charge in [0.05, 0.1) is 21.3 Å². The topological polar surface area (TPSA) is 39.2 Å². The average Bonchev–Trinajstić information content (AvgIpc) is 2.86. The van der Waals surface area contributed by atoms with Crippen molar-refractivity contribution in [2.75, 3.05) is 0 Å². The van der Waals surface area contributed by atoms with Gasteiger partial charge in [-0.3, -0.25) is 4.79 Å². The van der Waals surface area contributed by atoms with Gasteiger partial charge in [0.2, 0.25) is 0 Å². The van der Waals surface area contributed by atoms with E-state index in [1.165, 1.54) is 0 Å². The van der Waals surface area contributed by atoms with Gasteiger partial charge in [-0.15, -0.1) is 11.3 Å². The average molecular weight is 296 g/mol. The second kappa shape index (κ2) is 6.17. The number of carbonyl (C=O) groups is 1. The Morgan fingerprint density at radius 3 is 2.89 bits per heavy atom. The van der Waals surface area contributed by atoms with Crippen LogP contribution in [0.15, 0.2) is 23.6 Å². The number of hydrogen-bond acceptors (Lipinski definition) is 4. The van der Waals surface area contributed by atoms with Crippen LogP contribution in [0, 0.1) is 0 Å². The Balaban J connectivity index is 2.12. The van der Waals surface area contributed by atoms with Crippen molar-refractivity contribution >= 4 is 29.2 Å². The Labute approximate surface area is 121 Å². The SMILES string of the molecule is CC(C)c1nc(COc2c(Cl)cccc2C=O)cs1. The van der Waals surface area contributed by atoms with E-state index in [1.54, 1.807) is 29.5 Å². The second-order valence-electron chi connectivity index (χ2n) is 4.40. The number of thiazole rings is 1. The van der Waals surface area contributed by atoms with E-state index in [1.807, 2.05) is 5.38 Å². The molecule has 0 bridgehead atoms. The van der Waals surface area contributed by atoms with E-state index in [9.17, 15) is 4.79 Å². The number of carbonyl (C=O) groups excluding carboxylic acids is 1. The minimum Gasteiger partial charge on any atom is -0.485 e. The van der Waals surface area contributed by atoms with Crippen LogP contribution in [0.1, 0.15) is 40.8 Å². The van der Waals surface area contributed by atoms with Crippen molar-refractivity contribution in [3.05, 3.63) is 44.9 Å². The van der Waals surface area contributed by atoms with Crippen LogP contribution in [0.2, 0.25) is 5.02 Å². The second-order valence-corrected chi connectivity index (χ2v) is 5.69. The molecule has 0 saturated heterocycles. The molecule has 0 unspecified atom stereocenters. The fourth-order valence-electron chi connectivity index (χ4n) is 1.57. The first kappa shape index (κ1) is 14.0. The molecule has 0 amide bonds. The third-order valence-corrected chi connectivity index (χ3v) is 4.04. The lowest BCUT2D eigenvalue weighted by Crippen LogP contribution is -2.00. The molecule has 0 aliphatic rings. The monoisotopic (exact) mass is 295 g/mol. The van der Waals surface area contributed by atoms with E-state index < -0.39 is 0 Å². The summed E-state index contributed by atoms with van der Waals surface area (Å²) in [6, 6.07) is 5.10. The van der Waals surface area contributed by atoms with Crippen LogP contribution < -0.4 is 4.74 Å². The molecule has 3 nitrogen and oxygen atoms in total. The molecule has 0 aliphatic heterocycles. The summed E-state index contributed by atoms with van der Waals surface area (Å²) in [6.07, 6.45) is 0.738. The van der Waals surface area contributed by atoms with Crippen LogP contribution >= 0.6 is 22.9 Å². The van der Waals surface area contributed by atoms with Crippen LogP contribution in [-0.2, 0) is 6.61 Å². The highest BCUT2D eigenvalue weighted by atomic mass is 35.5. The van der Waals surface area contributed by atoms with Crippen molar-refractivity contribution in [2.45, 2.75) is 26.4 Å². The zero-order chi connectivity index (χ0) is 13.8. The summed E-state index contributed by atoms with van der Waals surface area (Å²) in [4.78, 5) is 15.4. The van der Waals surface area contributed by atoms with Crippen molar-refractivity contribution in [1.82, 2.24) is 4.98 Å². The predicted molar refractivity (Wildman–Crippen MR) is 77.4 cm³/mol. The molecule has 0 radical (unpaired) electrons. The fraction of sp³-hybridized carbons (Fsp3) is 0.286. The third-order valence-electron chi connectivity index (χ3n) is 2.55. The van der Waals surface area contributed by atoms with Gasteiger partial charge in [0.25, 0.3) is 0 Å². The first-order valence-corrected chi connectivity index (χ1v) is 7.18. The molecule has 2 aromatic rings. The highest BCUT2D eigenvalue weighted by Crippen LogP contribution is 2.28. The molecule has 0 spiro atoms. The number of rotatable bonds is 5. The minimum absolute atomic E-state index is 0.313. The smallest absolute Gasteiger partial charge is 0.153 e. The summed E-state index contributed by atoms with van der Waals surface area (Å²) < 4.78 is 5.62. The molecule has 0 aliphatic carbocycles. The van der Waals surface area contributed by atoms with Gasteiger partial charge in [0.15, 0.2) is 6.29 Å². The number of benzene rings is 1. The summed E-state index contributed by atoms with van der Waals surface area (Å²) in [5.41, 5.74) is 1.30. The van der Waals surface area contributed by atoms with Crippen LogP contribution in [0.3, 0.4) is 0 Å². The molecule has 0 N–H and O–H groups in total. The molecule has 19 heavy (non-hydrogen) atoms. The molecule has 5 heteroatoms. The van der Waals surface area contributed by atoms with Gasteiger partial charge in [0, 0.05) is 11.3 Å². The first-order chi connectivity index (χ1) is 9.11. The van der Waals surface area contributed by atoms with Crippen LogP contribution in [0.5, 0.6) is 5.75 Å². The van der Waals surface area contributed by atoms with E-state index in [-0.39, 0.29) is 0 Å². The van der Waals surface area contributed by atoms with Crippen molar-refractivity contribution in [1.29, 1.82) is 0 Å². The zero-order valence-electron chi connectivity index (χ0n) is 10.7. The Hall–Kier alpha value is -1.39. The van der Waals surface area contributed by atoms with Gasteiger partial charge in [0.1, 0.15) is 12.4 Å². The predicted octanol–water partition coefficient (Wildman–Crippen LogP) is 4.31. The van der Waals surface area contributed by atoms with E-state index in [0.29, 0.717) is 28.9 Å². The van der Waals surface area contributed by atoms with Gasteiger partial charge in [-0.25, -0.2) is 4.98 Å². The fourth-order valence-corrected chi connectivity index (χ4v) is 2.63. The summed E-state index contributed by atoms with van der Waals surface area (Å²) in [7, 11) is 0. The van der Waals surface area contributed by atoms with Gasteiger partial charge in [-0.2, -0.15) is 0 Å². The van der Waals surface area contributed by atoms with E-state index >= 15 is 0 Å². The highest BCUT2D eigenvalue weighted by Gasteiger charge is 2.10. The number of hydrogen-bond donors (Lipinski definition) is 0. The number of aromatic nitrogens is 1. The molecular formula is C14H14ClNO2S.